The number of carbonyl (C=O) groups is 2. The molecule has 0 bridgehead atoms. The second-order valence-electron chi connectivity index (χ2n) is 7.27. The Balaban J connectivity index is 1.41. The summed E-state index contributed by atoms with van der Waals surface area (Å²) in [5.41, 5.74) is 0. The average molecular weight is 347 g/mol. The first kappa shape index (κ1) is 18.0. The fraction of sp³-hybridized carbons (Fsp3) is 0.684. The van der Waals surface area contributed by atoms with Gasteiger partial charge in [-0.3, -0.25) is 14.5 Å². The van der Waals surface area contributed by atoms with Crippen LogP contribution < -0.4 is 0 Å². The normalized spacial score (nSPS) is 19.8. The Morgan fingerprint density at radius 3 is 2.52 bits per heavy atom. The third-order valence-corrected chi connectivity index (χ3v) is 5.36. The predicted molar refractivity (Wildman–Crippen MR) is 94.8 cm³/mol. The van der Waals surface area contributed by atoms with Gasteiger partial charge in [-0.2, -0.15) is 0 Å². The molecule has 3 heterocycles. The molecule has 0 saturated carbocycles. The van der Waals surface area contributed by atoms with Crippen molar-refractivity contribution in [1.82, 2.24) is 14.7 Å². The molecule has 0 N–H and O–H groups in total. The molecule has 0 aliphatic carbocycles. The Morgan fingerprint density at radius 1 is 1.16 bits per heavy atom. The summed E-state index contributed by atoms with van der Waals surface area (Å²) < 4.78 is 5.29. The van der Waals surface area contributed by atoms with Crippen LogP contribution in [0.15, 0.2) is 22.8 Å². The van der Waals surface area contributed by atoms with E-state index >= 15 is 0 Å². The first-order valence-electron chi connectivity index (χ1n) is 9.41. The molecule has 1 aromatic rings. The summed E-state index contributed by atoms with van der Waals surface area (Å²) in [6.07, 6.45) is 6.88. The van der Waals surface area contributed by atoms with Crippen LogP contribution in [0.5, 0.6) is 0 Å². The van der Waals surface area contributed by atoms with E-state index in [2.05, 4.69) is 4.90 Å². The summed E-state index contributed by atoms with van der Waals surface area (Å²) in [7, 11) is 1.80. The van der Waals surface area contributed by atoms with Gasteiger partial charge >= 0.3 is 0 Å². The van der Waals surface area contributed by atoms with Crippen LogP contribution in [0.25, 0.3) is 0 Å². The second-order valence-corrected chi connectivity index (χ2v) is 7.27. The summed E-state index contributed by atoms with van der Waals surface area (Å²) in [6.45, 7) is 4.41. The topological polar surface area (TPSA) is 57.0 Å². The smallest absolute Gasteiger partial charge is 0.236 e. The lowest BCUT2D eigenvalue weighted by atomic mass is 9.94. The standard InChI is InChI=1S/C19H29N3O3/c1-20(14-17-6-5-13-25-17)18(23)15-21-11-7-16(8-12-21)19(24)22-9-3-2-4-10-22/h5-6,13,16H,2-4,7-12,14-15H2,1H3. The first-order valence-corrected chi connectivity index (χ1v) is 9.41. The highest BCUT2D eigenvalue weighted by atomic mass is 16.3. The van der Waals surface area contributed by atoms with E-state index in [9.17, 15) is 9.59 Å². The second kappa shape index (κ2) is 8.52. The minimum atomic E-state index is 0.0946. The fourth-order valence-electron chi connectivity index (χ4n) is 3.75. The molecule has 0 aromatic carbocycles. The van der Waals surface area contributed by atoms with E-state index < -0.39 is 0 Å². The zero-order valence-electron chi connectivity index (χ0n) is 15.2. The molecule has 0 radical (unpaired) electrons. The monoisotopic (exact) mass is 347 g/mol. The van der Waals surface area contributed by atoms with Crippen molar-refractivity contribution >= 4 is 11.8 Å². The maximum Gasteiger partial charge on any atom is 0.236 e. The van der Waals surface area contributed by atoms with Crippen LogP contribution in [0.1, 0.15) is 37.9 Å². The van der Waals surface area contributed by atoms with Crippen molar-refractivity contribution in [3.05, 3.63) is 24.2 Å². The van der Waals surface area contributed by atoms with Gasteiger partial charge in [-0.1, -0.05) is 0 Å². The lowest BCUT2D eigenvalue weighted by molar-refractivity contribution is -0.138. The van der Waals surface area contributed by atoms with Crippen LogP contribution in [0.3, 0.4) is 0 Å². The van der Waals surface area contributed by atoms with Crippen LogP contribution in [0.2, 0.25) is 0 Å². The van der Waals surface area contributed by atoms with E-state index in [-0.39, 0.29) is 11.8 Å². The maximum absolute atomic E-state index is 12.6. The van der Waals surface area contributed by atoms with Gasteiger partial charge in [0.05, 0.1) is 19.4 Å². The van der Waals surface area contributed by atoms with Crippen molar-refractivity contribution < 1.29 is 14.0 Å². The minimum Gasteiger partial charge on any atom is -0.467 e. The number of carbonyl (C=O) groups excluding carboxylic acids is 2. The summed E-state index contributed by atoms with van der Waals surface area (Å²) >= 11 is 0. The van der Waals surface area contributed by atoms with Crippen molar-refractivity contribution in [1.29, 1.82) is 0 Å². The van der Waals surface area contributed by atoms with Crippen molar-refractivity contribution in [3.63, 3.8) is 0 Å². The highest BCUT2D eigenvalue weighted by molar-refractivity contribution is 5.79. The Hall–Kier alpha value is -1.82. The van der Waals surface area contributed by atoms with Gasteiger partial charge in [0.15, 0.2) is 0 Å². The average Bonchev–Trinajstić information content (AvgIpc) is 3.15. The molecular formula is C19H29N3O3. The van der Waals surface area contributed by atoms with Gasteiger partial charge in [-0.25, -0.2) is 0 Å². The maximum atomic E-state index is 12.6. The number of hydrogen-bond donors (Lipinski definition) is 0. The number of likely N-dealkylation sites (N-methyl/N-ethyl adjacent to an activating group) is 1. The van der Waals surface area contributed by atoms with Gasteiger partial charge < -0.3 is 14.2 Å². The molecule has 0 spiro atoms. The number of rotatable bonds is 5. The SMILES string of the molecule is CN(Cc1ccco1)C(=O)CN1CCC(C(=O)N2CCCCC2)CC1. The lowest BCUT2D eigenvalue weighted by Gasteiger charge is -2.35. The zero-order valence-corrected chi connectivity index (χ0v) is 15.2. The summed E-state index contributed by atoms with van der Waals surface area (Å²) in [5, 5.41) is 0. The Bertz CT molecular complexity index is 558. The molecule has 2 fully saturated rings. The molecular weight excluding hydrogens is 318 g/mol. The molecule has 6 heteroatoms. The van der Waals surface area contributed by atoms with Gasteiger partial charge in [-0.05, 0) is 57.3 Å². The number of nitrogens with zero attached hydrogens (tertiary/aromatic N) is 3. The molecule has 2 saturated heterocycles. The predicted octanol–water partition coefficient (Wildman–Crippen LogP) is 1.96. The van der Waals surface area contributed by atoms with Crippen LogP contribution >= 0.6 is 0 Å². The van der Waals surface area contributed by atoms with Crippen LogP contribution in [0.4, 0.5) is 0 Å². The van der Waals surface area contributed by atoms with Crippen molar-refractivity contribution in [2.24, 2.45) is 5.92 Å². The third kappa shape index (κ3) is 4.84. The van der Waals surface area contributed by atoms with E-state index in [1.54, 1.807) is 18.2 Å². The van der Waals surface area contributed by atoms with E-state index in [4.69, 9.17) is 4.42 Å². The molecule has 0 unspecified atom stereocenters. The van der Waals surface area contributed by atoms with Gasteiger partial charge in [-0.15, -0.1) is 0 Å². The number of likely N-dealkylation sites (tertiary alicyclic amines) is 2. The Morgan fingerprint density at radius 2 is 1.88 bits per heavy atom. The van der Waals surface area contributed by atoms with Crippen LogP contribution in [-0.2, 0) is 16.1 Å². The van der Waals surface area contributed by atoms with Crippen molar-refractivity contribution in [2.75, 3.05) is 39.8 Å². The Kier molecular flexibility index (Phi) is 6.13. The zero-order chi connectivity index (χ0) is 17.6. The van der Waals surface area contributed by atoms with Gasteiger partial charge in [0.1, 0.15) is 5.76 Å². The fourth-order valence-corrected chi connectivity index (χ4v) is 3.75. The van der Waals surface area contributed by atoms with E-state index in [0.717, 1.165) is 57.6 Å². The molecule has 2 aliphatic rings. The van der Waals surface area contributed by atoms with Crippen LogP contribution in [-0.4, -0.2) is 66.3 Å². The van der Waals surface area contributed by atoms with E-state index in [0.29, 0.717) is 19.0 Å². The molecule has 3 rings (SSSR count). The van der Waals surface area contributed by atoms with Gasteiger partial charge in [0, 0.05) is 26.1 Å². The molecule has 138 valence electrons. The molecule has 1 aromatic heterocycles. The van der Waals surface area contributed by atoms with Crippen LogP contribution in [0, 0.1) is 5.92 Å². The van der Waals surface area contributed by atoms with Crippen molar-refractivity contribution in [3.8, 4) is 0 Å². The highest BCUT2D eigenvalue weighted by Crippen LogP contribution is 2.22. The molecule has 0 atom stereocenters. The third-order valence-electron chi connectivity index (χ3n) is 5.36. The minimum absolute atomic E-state index is 0.0946. The first-order chi connectivity index (χ1) is 12.1. The van der Waals surface area contributed by atoms with E-state index in [1.807, 2.05) is 17.0 Å². The number of piperidine rings is 2. The van der Waals surface area contributed by atoms with E-state index in [1.165, 1.54) is 6.42 Å². The van der Waals surface area contributed by atoms with Gasteiger partial charge in [0.2, 0.25) is 11.8 Å². The summed E-state index contributed by atoms with van der Waals surface area (Å²) in [5.74, 6) is 1.37. The largest absolute Gasteiger partial charge is 0.467 e. The highest BCUT2D eigenvalue weighted by Gasteiger charge is 2.30. The number of furan rings is 1. The van der Waals surface area contributed by atoms with Crippen molar-refractivity contribution in [2.45, 2.75) is 38.6 Å². The molecule has 2 amide bonds. The number of amides is 2. The Labute approximate surface area is 149 Å². The lowest BCUT2D eigenvalue weighted by Crippen LogP contribution is -2.46. The van der Waals surface area contributed by atoms with Gasteiger partial charge in [0.25, 0.3) is 0 Å². The molecule has 6 nitrogen and oxygen atoms in total. The quantitative estimate of drug-likeness (QED) is 0.817. The number of hydrogen-bond acceptors (Lipinski definition) is 4. The molecule has 2 aliphatic heterocycles. The molecule has 25 heavy (non-hydrogen) atoms. The summed E-state index contributed by atoms with van der Waals surface area (Å²) in [6, 6.07) is 3.71. The summed E-state index contributed by atoms with van der Waals surface area (Å²) in [4.78, 5) is 30.9.